The number of ether oxygens (including phenoxy) is 1. The summed E-state index contributed by atoms with van der Waals surface area (Å²) in [6.45, 7) is 1.38. The van der Waals surface area contributed by atoms with E-state index < -0.39 is 4.92 Å². The molecule has 0 unspecified atom stereocenters. The van der Waals surface area contributed by atoms with Crippen molar-refractivity contribution in [2.75, 3.05) is 31.7 Å². The SMILES string of the molecule is N#Cc1cc([N+](=O)[O-])ccc1NCC1(CO)COC1. The quantitative estimate of drug-likeness (QED) is 0.603. The summed E-state index contributed by atoms with van der Waals surface area (Å²) < 4.78 is 5.07. The average Bonchev–Trinajstić information content (AvgIpc) is 2.37. The van der Waals surface area contributed by atoms with Crippen LogP contribution in [0.25, 0.3) is 0 Å². The number of hydrogen-bond acceptors (Lipinski definition) is 6. The van der Waals surface area contributed by atoms with Gasteiger partial charge in [-0.05, 0) is 6.07 Å². The van der Waals surface area contributed by atoms with Gasteiger partial charge >= 0.3 is 0 Å². The van der Waals surface area contributed by atoms with Crippen LogP contribution in [0.15, 0.2) is 18.2 Å². The number of nitriles is 1. The van der Waals surface area contributed by atoms with Crippen molar-refractivity contribution in [3.8, 4) is 6.07 Å². The molecule has 1 saturated heterocycles. The largest absolute Gasteiger partial charge is 0.396 e. The van der Waals surface area contributed by atoms with Crippen molar-refractivity contribution in [1.29, 1.82) is 5.26 Å². The van der Waals surface area contributed by atoms with Crippen LogP contribution in [0.5, 0.6) is 0 Å². The normalized spacial score (nSPS) is 16.2. The van der Waals surface area contributed by atoms with Gasteiger partial charge < -0.3 is 15.2 Å². The lowest BCUT2D eigenvalue weighted by Gasteiger charge is -2.40. The monoisotopic (exact) mass is 263 g/mol. The third-order valence-corrected chi connectivity index (χ3v) is 3.14. The molecule has 2 rings (SSSR count). The van der Waals surface area contributed by atoms with E-state index in [1.807, 2.05) is 6.07 Å². The lowest BCUT2D eigenvalue weighted by Crippen LogP contribution is -2.50. The molecule has 7 nitrogen and oxygen atoms in total. The predicted octanol–water partition coefficient (Wildman–Crippen LogP) is 0.887. The number of rotatable bonds is 5. The van der Waals surface area contributed by atoms with E-state index in [1.54, 1.807) is 0 Å². The molecule has 1 heterocycles. The van der Waals surface area contributed by atoms with Crippen LogP contribution in [0, 0.1) is 26.9 Å². The van der Waals surface area contributed by atoms with Crippen molar-refractivity contribution in [3.63, 3.8) is 0 Å². The van der Waals surface area contributed by atoms with E-state index in [-0.39, 0.29) is 23.3 Å². The van der Waals surface area contributed by atoms with Crippen LogP contribution in [-0.2, 0) is 4.74 Å². The van der Waals surface area contributed by atoms with Crippen LogP contribution in [0.3, 0.4) is 0 Å². The fourth-order valence-corrected chi connectivity index (χ4v) is 1.82. The molecular weight excluding hydrogens is 250 g/mol. The summed E-state index contributed by atoms with van der Waals surface area (Å²) in [5.74, 6) is 0. The molecule has 100 valence electrons. The standard InChI is InChI=1S/C12H13N3O4/c13-4-9-3-10(15(17)18)1-2-11(9)14-5-12(6-16)7-19-8-12/h1-3,14,16H,5-8H2. The maximum absolute atomic E-state index is 10.6. The van der Waals surface area contributed by atoms with E-state index in [0.717, 1.165) is 0 Å². The molecule has 1 aromatic rings. The molecule has 7 heteroatoms. The Morgan fingerprint density at radius 1 is 1.58 bits per heavy atom. The second kappa shape index (κ2) is 5.22. The minimum Gasteiger partial charge on any atom is -0.396 e. The Bertz CT molecular complexity index is 529. The topological polar surface area (TPSA) is 108 Å². The number of anilines is 1. The number of aliphatic hydroxyl groups is 1. The summed E-state index contributed by atoms with van der Waals surface area (Å²) in [7, 11) is 0. The summed E-state index contributed by atoms with van der Waals surface area (Å²) in [6, 6.07) is 5.99. The van der Waals surface area contributed by atoms with Crippen molar-refractivity contribution >= 4 is 11.4 Å². The molecule has 0 bridgehead atoms. The Balaban J connectivity index is 2.12. The van der Waals surface area contributed by atoms with E-state index >= 15 is 0 Å². The fraction of sp³-hybridized carbons (Fsp3) is 0.417. The highest BCUT2D eigenvalue weighted by atomic mass is 16.6. The van der Waals surface area contributed by atoms with Crippen molar-refractivity contribution in [3.05, 3.63) is 33.9 Å². The van der Waals surface area contributed by atoms with Gasteiger partial charge in [0.15, 0.2) is 0 Å². The summed E-state index contributed by atoms with van der Waals surface area (Å²) in [5, 5.41) is 31.9. The van der Waals surface area contributed by atoms with Gasteiger partial charge in [0.2, 0.25) is 0 Å². The highest BCUT2D eigenvalue weighted by molar-refractivity contribution is 5.61. The Morgan fingerprint density at radius 3 is 2.79 bits per heavy atom. The maximum atomic E-state index is 10.6. The fourth-order valence-electron chi connectivity index (χ4n) is 1.82. The molecule has 19 heavy (non-hydrogen) atoms. The molecule has 1 fully saturated rings. The Morgan fingerprint density at radius 2 is 2.32 bits per heavy atom. The minimum atomic E-state index is -0.542. The molecule has 1 aromatic carbocycles. The Kier molecular flexibility index (Phi) is 3.64. The number of nitro benzene ring substituents is 1. The van der Waals surface area contributed by atoms with Gasteiger partial charge in [0.05, 0.1) is 41.4 Å². The Hall–Kier alpha value is -2.17. The summed E-state index contributed by atoms with van der Waals surface area (Å²) >= 11 is 0. The van der Waals surface area contributed by atoms with Crippen LogP contribution in [0.4, 0.5) is 11.4 Å². The van der Waals surface area contributed by atoms with Gasteiger partial charge in [-0.15, -0.1) is 0 Å². The van der Waals surface area contributed by atoms with Gasteiger partial charge in [0.1, 0.15) is 6.07 Å². The molecule has 0 radical (unpaired) electrons. The van der Waals surface area contributed by atoms with E-state index in [0.29, 0.717) is 25.4 Å². The van der Waals surface area contributed by atoms with E-state index in [2.05, 4.69) is 5.32 Å². The smallest absolute Gasteiger partial charge is 0.270 e. The van der Waals surface area contributed by atoms with E-state index in [4.69, 9.17) is 10.00 Å². The number of non-ortho nitro benzene ring substituents is 1. The van der Waals surface area contributed by atoms with E-state index in [9.17, 15) is 15.2 Å². The van der Waals surface area contributed by atoms with Crippen molar-refractivity contribution in [2.24, 2.45) is 5.41 Å². The van der Waals surface area contributed by atoms with Gasteiger partial charge in [-0.25, -0.2) is 0 Å². The summed E-state index contributed by atoms with van der Waals surface area (Å²) in [5.41, 5.74) is 0.287. The third-order valence-electron chi connectivity index (χ3n) is 3.14. The van der Waals surface area contributed by atoms with Gasteiger partial charge in [-0.1, -0.05) is 0 Å². The summed E-state index contributed by atoms with van der Waals surface area (Å²) in [4.78, 5) is 10.1. The zero-order chi connectivity index (χ0) is 13.9. The lowest BCUT2D eigenvalue weighted by molar-refractivity contribution is -0.384. The first-order chi connectivity index (χ1) is 9.10. The van der Waals surface area contributed by atoms with E-state index in [1.165, 1.54) is 18.2 Å². The molecule has 0 atom stereocenters. The zero-order valence-corrected chi connectivity index (χ0v) is 10.1. The molecule has 1 aliphatic rings. The Labute approximate surface area is 109 Å². The van der Waals surface area contributed by atoms with Crippen LogP contribution in [-0.4, -0.2) is 36.4 Å². The van der Waals surface area contributed by atoms with Crippen molar-refractivity contribution in [2.45, 2.75) is 0 Å². The molecule has 0 saturated carbocycles. The molecule has 0 spiro atoms. The van der Waals surface area contributed by atoms with Gasteiger partial charge in [-0.2, -0.15) is 5.26 Å². The molecular formula is C12H13N3O4. The molecule has 0 amide bonds. The molecule has 1 aliphatic heterocycles. The number of hydrogen-bond donors (Lipinski definition) is 2. The predicted molar refractivity (Wildman–Crippen MR) is 66.6 cm³/mol. The number of nitrogens with zero attached hydrogens (tertiary/aromatic N) is 2. The van der Waals surface area contributed by atoms with Crippen LogP contribution < -0.4 is 5.32 Å². The van der Waals surface area contributed by atoms with Crippen LogP contribution in [0.1, 0.15) is 5.56 Å². The second-order valence-corrected chi connectivity index (χ2v) is 4.60. The lowest BCUT2D eigenvalue weighted by atomic mass is 9.87. The van der Waals surface area contributed by atoms with Crippen molar-refractivity contribution in [1.82, 2.24) is 0 Å². The third kappa shape index (κ3) is 2.65. The van der Waals surface area contributed by atoms with Gasteiger partial charge in [0.25, 0.3) is 5.69 Å². The maximum Gasteiger partial charge on any atom is 0.270 e. The van der Waals surface area contributed by atoms with Gasteiger partial charge in [-0.3, -0.25) is 10.1 Å². The first kappa shape index (κ1) is 13.3. The number of benzene rings is 1. The average molecular weight is 263 g/mol. The minimum absolute atomic E-state index is 0.00509. The van der Waals surface area contributed by atoms with Gasteiger partial charge in [0, 0.05) is 18.7 Å². The summed E-state index contributed by atoms with van der Waals surface area (Å²) in [6.07, 6.45) is 0. The number of nitro groups is 1. The highest BCUT2D eigenvalue weighted by Gasteiger charge is 2.37. The zero-order valence-electron chi connectivity index (χ0n) is 10.1. The van der Waals surface area contributed by atoms with Crippen molar-refractivity contribution < 1.29 is 14.8 Å². The number of aliphatic hydroxyl groups excluding tert-OH is 1. The molecule has 0 aromatic heterocycles. The number of nitrogens with one attached hydrogen (secondary N) is 1. The van der Waals surface area contributed by atoms with Crippen LogP contribution >= 0.6 is 0 Å². The van der Waals surface area contributed by atoms with Crippen LogP contribution in [0.2, 0.25) is 0 Å². The first-order valence-corrected chi connectivity index (χ1v) is 5.71. The molecule has 2 N–H and O–H groups in total. The highest BCUT2D eigenvalue weighted by Crippen LogP contribution is 2.28. The second-order valence-electron chi connectivity index (χ2n) is 4.60. The molecule has 0 aliphatic carbocycles. The first-order valence-electron chi connectivity index (χ1n) is 5.71.